The molecule has 8 rings (SSSR count). The minimum absolute atomic E-state index is 0.00993. The van der Waals surface area contributed by atoms with E-state index in [0.29, 0.717) is 34.4 Å². The maximum atomic E-state index is 15.3. The lowest BCUT2D eigenvalue weighted by Gasteiger charge is -2.11. The van der Waals surface area contributed by atoms with Crippen LogP contribution in [0.4, 0.5) is 13.2 Å². The number of hydrogen-bond donors (Lipinski definition) is 0. The maximum Gasteiger partial charge on any atom is 0.153 e. The SMILES string of the molecule is [2H]c1cc([2H])c(-n2c3cc4c(cc3c3c5ccccc5ccc32)c2ccccc2n4-c2c(F)cc(F)cc2F)c([2H])c1. The van der Waals surface area contributed by atoms with E-state index in [-0.39, 0.29) is 18.1 Å². The fraction of sp³-hybridized carbons (Fsp3) is 0. The van der Waals surface area contributed by atoms with Crippen molar-refractivity contribution >= 4 is 54.4 Å². The molecule has 0 aliphatic carbocycles. The Bertz CT molecular complexity index is 2400. The van der Waals surface area contributed by atoms with Crippen molar-refractivity contribution in [3.05, 3.63) is 133 Å². The van der Waals surface area contributed by atoms with Crippen molar-refractivity contribution in [2.45, 2.75) is 0 Å². The van der Waals surface area contributed by atoms with Gasteiger partial charge in [0.15, 0.2) is 11.6 Å². The van der Waals surface area contributed by atoms with Gasteiger partial charge in [-0.05, 0) is 47.1 Å². The Labute approximate surface area is 225 Å². The summed E-state index contributed by atoms with van der Waals surface area (Å²) in [5, 5.41) is 5.25. The molecule has 8 aromatic rings. The van der Waals surface area contributed by atoms with E-state index in [1.54, 1.807) is 12.1 Å². The van der Waals surface area contributed by atoms with Crippen LogP contribution in [-0.2, 0) is 0 Å². The minimum atomic E-state index is -1.03. The average molecular weight is 516 g/mol. The molecule has 0 fully saturated rings. The molecule has 0 radical (unpaired) electrons. The van der Waals surface area contributed by atoms with Crippen molar-refractivity contribution in [3.63, 3.8) is 0 Å². The molecule has 2 nitrogen and oxygen atoms in total. The van der Waals surface area contributed by atoms with Crippen LogP contribution in [0.2, 0.25) is 0 Å². The molecule has 0 aliphatic heterocycles. The van der Waals surface area contributed by atoms with Crippen LogP contribution in [-0.4, -0.2) is 9.13 Å². The summed E-state index contributed by atoms with van der Waals surface area (Å²) in [6.45, 7) is 0. The highest BCUT2D eigenvalue weighted by molar-refractivity contribution is 6.25. The molecule has 0 N–H and O–H groups in total. The number of benzene rings is 6. The molecule has 186 valence electrons. The van der Waals surface area contributed by atoms with E-state index < -0.39 is 23.1 Å². The molecule has 5 heteroatoms. The normalized spacial score (nSPS) is 13.1. The molecule has 0 aliphatic rings. The fourth-order valence-electron chi connectivity index (χ4n) is 5.91. The Kier molecular flexibility index (Phi) is 3.91. The number of rotatable bonds is 2. The van der Waals surface area contributed by atoms with Gasteiger partial charge in [-0.25, -0.2) is 13.2 Å². The van der Waals surface area contributed by atoms with Crippen LogP contribution in [0, 0.1) is 17.5 Å². The lowest BCUT2D eigenvalue weighted by Crippen LogP contribution is -2.02. The van der Waals surface area contributed by atoms with E-state index in [9.17, 15) is 4.39 Å². The van der Waals surface area contributed by atoms with Crippen molar-refractivity contribution in [3.8, 4) is 11.4 Å². The summed E-state index contributed by atoms with van der Waals surface area (Å²) in [6, 6.07) is 27.2. The second kappa shape index (κ2) is 7.98. The highest BCUT2D eigenvalue weighted by atomic mass is 19.1. The fourth-order valence-corrected chi connectivity index (χ4v) is 5.91. The summed E-state index contributed by atoms with van der Waals surface area (Å²) in [6.07, 6.45) is 0. The first kappa shape index (κ1) is 19.1. The Morgan fingerprint density at radius 2 is 1.23 bits per heavy atom. The van der Waals surface area contributed by atoms with Crippen LogP contribution in [0.1, 0.15) is 4.11 Å². The third-order valence-electron chi connectivity index (χ3n) is 7.46. The summed E-state index contributed by atoms with van der Waals surface area (Å²) in [7, 11) is 0. The van der Waals surface area contributed by atoms with Gasteiger partial charge in [-0.15, -0.1) is 0 Å². The number of nitrogens with zero attached hydrogens (tertiary/aromatic N) is 2. The maximum absolute atomic E-state index is 15.3. The molecule has 0 spiro atoms. The smallest absolute Gasteiger partial charge is 0.153 e. The van der Waals surface area contributed by atoms with Crippen LogP contribution < -0.4 is 0 Å². The van der Waals surface area contributed by atoms with Gasteiger partial charge in [0.2, 0.25) is 0 Å². The van der Waals surface area contributed by atoms with Crippen molar-refractivity contribution in [1.29, 1.82) is 0 Å². The van der Waals surface area contributed by atoms with Crippen molar-refractivity contribution in [2.75, 3.05) is 0 Å². The first-order valence-corrected chi connectivity index (χ1v) is 12.4. The first-order chi connectivity index (χ1) is 20.3. The van der Waals surface area contributed by atoms with Gasteiger partial charge in [0.05, 0.1) is 26.2 Å². The minimum Gasteiger partial charge on any atom is -0.309 e. The zero-order valence-corrected chi connectivity index (χ0v) is 20.3. The van der Waals surface area contributed by atoms with E-state index in [2.05, 4.69) is 0 Å². The number of fused-ring (bicyclic) bond motifs is 8. The van der Waals surface area contributed by atoms with Gasteiger partial charge < -0.3 is 9.13 Å². The van der Waals surface area contributed by atoms with Gasteiger partial charge in [-0.3, -0.25) is 0 Å². The number of halogens is 3. The Hall–Kier alpha value is -5.03. The van der Waals surface area contributed by atoms with Gasteiger partial charge in [-0.2, -0.15) is 0 Å². The predicted octanol–water partition coefficient (Wildman–Crippen LogP) is 9.45. The molecule has 39 heavy (non-hydrogen) atoms. The lowest BCUT2D eigenvalue weighted by atomic mass is 10.0. The molecular weight excluding hydrogens is 493 g/mol. The van der Waals surface area contributed by atoms with E-state index >= 15 is 8.78 Å². The quantitative estimate of drug-likeness (QED) is 0.217. The van der Waals surface area contributed by atoms with Crippen LogP contribution in [0.25, 0.3) is 65.8 Å². The highest BCUT2D eigenvalue weighted by Gasteiger charge is 2.22. The number of para-hydroxylation sites is 2. The monoisotopic (exact) mass is 515 g/mol. The van der Waals surface area contributed by atoms with Crippen molar-refractivity contribution in [1.82, 2.24) is 9.13 Å². The summed E-state index contributed by atoms with van der Waals surface area (Å²) in [5.74, 6) is -3.07. The average Bonchev–Trinajstić information content (AvgIpc) is 3.44. The largest absolute Gasteiger partial charge is 0.309 e. The highest BCUT2D eigenvalue weighted by Crippen LogP contribution is 2.42. The lowest BCUT2D eigenvalue weighted by molar-refractivity contribution is 0.537. The van der Waals surface area contributed by atoms with Gasteiger partial charge in [0.25, 0.3) is 0 Å². The van der Waals surface area contributed by atoms with E-state index in [4.69, 9.17) is 4.11 Å². The van der Waals surface area contributed by atoms with Crippen LogP contribution in [0.15, 0.2) is 115 Å². The Morgan fingerprint density at radius 3 is 2.03 bits per heavy atom. The third kappa shape index (κ3) is 3.04. The predicted molar refractivity (Wildman–Crippen MR) is 152 cm³/mol. The van der Waals surface area contributed by atoms with Gasteiger partial charge in [0, 0.05) is 39.4 Å². The van der Waals surface area contributed by atoms with E-state index in [1.807, 2.05) is 65.2 Å². The standard InChI is InChI=1S/C34H19F3N2/c35-21-16-27(36)34(28(37)17-21)39-29-13-7-6-12-24(29)25-18-26-32(19-31(25)39)38(22-9-2-1-3-10-22)30-15-14-20-8-4-5-11-23(20)33(26)30/h1-19H/i1D,9D,10D. The molecule has 0 amide bonds. The number of hydrogen-bond acceptors (Lipinski definition) is 0. The molecule has 2 aromatic heterocycles. The molecule has 0 bridgehead atoms. The summed E-state index contributed by atoms with van der Waals surface area (Å²) in [4.78, 5) is 0. The van der Waals surface area contributed by atoms with Gasteiger partial charge in [-0.1, -0.05) is 66.7 Å². The zero-order valence-electron chi connectivity index (χ0n) is 23.3. The molecule has 6 aromatic carbocycles. The molecule has 2 heterocycles. The van der Waals surface area contributed by atoms with Crippen LogP contribution in [0.3, 0.4) is 0 Å². The summed E-state index contributed by atoms with van der Waals surface area (Å²) >= 11 is 0. The third-order valence-corrected chi connectivity index (χ3v) is 7.46. The summed E-state index contributed by atoms with van der Waals surface area (Å²) in [5.41, 5.74) is 2.31. The number of aromatic nitrogens is 2. The van der Waals surface area contributed by atoms with Crippen molar-refractivity contribution in [2.24, 2.45) is 0 Å². The van der Waals surface area contributed by atoms with Crippen molar-refractivity contribution < 1.29 is 17.3 Å². The topological polar surface area (TPSA) is 9.86 Å². The summed E-state index contributed by atoms with van der Waals surface area (Å²) < 4.78 is 73.3. The van der Waals surface area contributed by atoms with Crippen LogP contribution >= 0.6 is 0 Å². The zero-order chi connectivity index (χ0) is 28.9. The molecular formula is C34H19F3N2. The Morgan fingerprint density at radius 1 is 0.538 bits per heavy atom. The van der Waals surface area contributed by atoms with Crippen LogP contribution in [0.5, 0.6) is 0 Å². The molecule has 0 atom stereocenters. The Balaban J connectivity index is 1.64. The first-order valence-electron chi connectivity index (χ1n) is 13.9. The van der Waals surface area contributed by atoms with E-state index in [0.717, 1.165) is 37.8 Å². The van der Waals surface area contributed by atoms with Gasteiger partial charge in [0.1, 0.15) is 11.5 Å². The molecule has 0 saturated carbocycles. The van der Waals surface area contributed by atoms with Gasteiger partial charge >= 0.3 is 0 Å². The second-order valence-electron chi connectivity index (χ2n) is 9.57. The van der Waals surface area contributed by atoms with E-state index in [1.165, 1.54) is 16.7 Å². The molecule has 0 saturated heterocycles. The molecule has 0 unspecified atom stereocenters. The second-order valence-corrected chi connectivity index (χ2v) is 9.57.